The summed E-state index contributed by atoms with van der Waals surface area (Å²) < 4.78 is 11.3. The smallest absolute Gasteiger partial charge is 0.138 e. The molecule has 0 saturated carbocycles. The SMILES string of the molecule is CCOc1cccc(Oc2cc(C)ccc2C(=N)N)c1. The first-order valence-corrected chi connectivity index (χ1v) is 6.46. The molecule has 0 radical (unpaired) electrons. The average molecular weight is 270 g/mol. The van der Waals surface area contributed by atoms with Gasteiger partial charge in [0.2, 0.25) is 0 Å². The summed E-state index contributed by atoms with van der Waals surface area (Å²) in [5.41, 5.74) is 7.20. The summed E-state index contributed by atoms with van der Waals surface area (Å²) in [4.78, 5) is 0. The predicted molar refractivity (Wildman–Crippen MR) is 79.9 cm³/mol. The lowest BCUT2D eigenvalue weighted by molar-refractivity contribution is 0.338. The topological polar surface area (TPSA) is 68.3 Å². The Bertz CT molecular complexity index is 624. The minimum atomic E-state index is -0.0130. The van der Waals surface area contributed by atoms with Gasteiger partial charge in [0.25, 0.3) is 0 Å². The molecule has 104 valence electrons. The quantitative estimate of drug-likeness (QED) is 0.645. The first-order valence-electron chi connectivity index (χ1n) is 6.46. The van der Waals surface area contributed by atoms with Crippen molar-refractivity contribution in [1.29, 1.82) is 5.41 Å². The fourth-order valence-corrected chi connectivity index (χ4v) is 1.86. The predicted octanol–water partition coefficient (Wildman–Crippen LogP) is 3.47. The van der Waals surface area contributed by atoms with Crippen molar-refractivity contribution in [3.05, 3.63) is 53.6 Å². The number of nitrogen functional groups attached to an aromatic ring is 1. The second kappa shape index (κ2) is 6.10. The summed E-state index contributed by atoms with van der Waals surface area (Å²) in [6, 6.07) is 13.0. The molecule has 0 fully saturated rings. The van der Waals surface area contributed by atoms with Crippen LogP contribution in [-0.2, 0) is 0 Å². The first kappa shape index (κ1) is 13.9. The number of ether oxygens (including phenoxy) is 2. The molecular formula is C16H18N2O2. The van der Waals surface area contributed by atoms with Crippen LogP contribution in [0.15, 0.2) is 42.5 Å². The van der Waals surface area contributed by atoms with E-state index >= 15 is 0 Å². The minimum absolute atomic E-state index is 0.0130. The molecule has 0 bridgehead atoms. The van der Waals surface area contributed by atoms with Crippen molar-refractivity contribution in [2.24, 2.45) is 5.73 Å². The van der Waals surface area contributed by atoms with Crippen LogP contribution >= 0.6 is 0 Å². The van der Waals surface area contributed by atoms with Crippen molar-refractivity contribution >= 4 is 5.84 Å². The van der Waals surface area contributed by atoms with E-state index in [1.165, 1.54) is 0 Å². The van der Waals surface area contributed by atoms with Crippen molar-refractivity contribution in [1.82, 2.24) is 0 Å². The maximum Gasteiger partial charge on any atom is 0.138 e. The van der Waals surface area contributed by atoms with E-state index in [4.69, 9.17) is 20.6 Å². The van der Waals surface area contributed by atoms with Crippen molar-refractivity contribution in [3.63, 3.8) is 0 Å². The van der Waals surface area contributed by atoms with Gasteiger partial charge in [0.1, 0.15) is 23.1 Å². The molecule has 0 amide bonds. The van der Waals surface area contributed by atoms with E-state index in [2.05, 4.69) is 0 Å². The highest BCUT2D eigenvalue weighted by molar-refractivity contribution is 5.97. The van der Waals surface area contributed by atoms with Gasteiger partial charge in [-0.15, -0.1) is 0 Å². The molecule has 2 aromatic carbocycles. The Labute approximate surface area is 118 Å². The molecule has 0 aliphatic rings. The Hall–Kier alpha value is -2.49. The highest BCUT2D eigenvalue weighted by Gasteiger charge is 2.08. The Morgan fingerprint density at radius 2 is 1.90 bits per heavy atom. The van der Waals surface area contributed by atoms with Crippen LogP contribution in [-0.4, -0.2) is 12.4 Å². The summed E-state index contributed by atoms with van der Waals surface area (Å²) in [5.74, 6) is 1.97. The molecule has 0 saturated heterocycles. The molecule has 0 aliphatic carbocycles. The van der Waals surface area contributed by atoms with Crippen LogP contribution in [0.3, 0.4) is 0 Å². The number of nitrogens with two attached hydrogens (primary N) is 1. The van der Waals surface area contributed by atoms with Gasteiger partial charge in [0, 0.05) is 6.07 Å². The van der Waals surface area contributed by atoms with E-state index in [0.717, 1.165) is 11.3 Å². The van der Waals surface area contributed by atoms with E-state index in [1.807, 2.05) is 50.2 Å². The van der Waals surface area contributed by atoms with Crippen molar-refractivity contribution in [3.8, 4) is 17.2 Å². The van der Waals surface area contributed by atoms with Crippen molar-refractivity contribution in [2.75, 3.05) is 6.61 Å². The Kier molecular flexibility index (Phi) is 4.25. The van der Waals surface area contributed by atoms with E-state index in [-0.39, 0.29) is 5.84 Å². The van der Waals surface area contributed by atoms with Gasteiger partial charge in [-0.1, -0.05) is 12.1 Å². The summed E-state index contributed by atoms with van der Waals surface area (Å²) >= 11 is 0. The maximum absolute atomic E-state index is 7.59. The molecule has 20 heavy (non-hydrogen) atoms. The standard InChI is InChI=1S/C16H18N2O2/c1-3-19-12-5-4-6-13(10-12)20-15-9-11(2)7-8-14(15)16(17)18/h4-10H,3H2,1-2H3,(H3,17,18). The molecule has 4 nitrogen and oxygen atoms in total. The Balaban J connectivity index is 2.31. The lowest BCUT2D eigenvalue weighted by Crippen LogP contribution is -2.12. The molecule has 0 unspecified atom stereocenters. The fourth-order valence-electron chi connectivity index (χ4n) is 1.86. The molecule has 2 aromatic rings. The van der Waals surface area contributed by atoms with Gasteiger partial charge in [0.15, 0.2) is 0 Å². The highest BCUT2D eigenvalue weighted by atomic mass is 16.5. The molecule has 0 atom stereocenters. The van der Waals surface area contributed by atoms with Crippen LogP contribution < -0.4 is 15.2 Å². The van der Waals surface area contributed by atoms with Gasteiger partial charge in [0.05, 0.1) is 12.2 Å². The van der Waals surface area contributed by atoms with Crippen LogP contribution in [0.1, 0.15) is 18.1 Å². The average Bonchev–Trinajstić information content (AvgIpc) is 2.39. The molecule has 4 heteroatoms. The maximum atomic E-state index is 7.59. The summed E-state index contributed by atoms with van der Waals surface area (Å²) in [5, 5.41) is 7.59. The second-order valence-corrected chi connectivity index (χ2v) is 4.42. The zero-order valence-electron chi connectivity index (χ0n) is 11.6. The molecule has 0 spiro atoms. The second-order valence-electron chi connectivity index (χ2n) is 4.42. The van der Waals surface area contributed by atoms with Gasteiger partial charge in [-0.25, -0.2) is 0 Å². The van der Waals surface area contributed by atoms with Crippen LogP contribution in [0, 0.1) is 12.3 Å². The number of hydrogen-bond acceptors (Lipinski definition) is 3. The number of aryl methyl sites for hydroxylation is 1. The van der Waals surface area contributed by atoms with E-state index in [1.54, 1.807) is 6.07 Å². The lowest BCUT2D eigenvalue weighted by atomic mass is 10.1. The molecule has 2 rings (SSSR count). The summed E-state index contributed by atoms with van der Waals surface area (Å²) in [7, 11) is 0. The van der Waals surface area contributed by atoms with Crippen LogP contribution in [0.4, 0.5) is 0 Å². The number of rotatable bonds is 5. The monoisotopic (exact) mass is 270 g/mol. The largest absolute Gasteiger partial charge is 0.494 e. The summed E-state index contributed by atoms with van der Waals surface area (Å²) in [6.45, 7) is 4.50. The van der Waals surface area contributed by atoms with Gasteiger partial charge < -0.3 is 15.2 Å². The number of hydrogen-bond donors (Lipinski definition) is 2. The van der Waals surface area contributed by atoms with Gasteiger partial charge in [-0.2, -0.15) is 0 Å². The molecule has 0 aromatic heterocycles. The van der Waals surface area contributed by atoms with E-state index in [9.17, 15) is 0 Å². The zero-order valence-corrected chi connectivity index (χ0v) is 11.6. The number of amidine groups is 1. The molecule has 0 heterocycles. The van der Waals surface area contributed by atoms with Crippen LogP contribution in [0.2, 0.25) is 0 Å². The third-order valence-electron chi connectivity index (χ3n) is 2.77. The molecule has 3 N–H and O–H groups in total. The molecule has 0 aliphatic heterocycles. The third-order valence-corrected chi connectivity index (χ3v) is 2.77. The highest BCUT2D eigenvalue weighted by Crippen LogP contribution is 2.28. The normalized spacial score (nSPS) is 10.1. The number of nitrogens with one attached hydrogen (secondary N) is 1. The van der Waals surface area contributed by atoms with E-state index in [0.29, 0.717) is 23.7 Å². The van der Waals surface area contributed by atoms with E-state index < -0.39 is 0 Å². The minimum Gasteiger partial charge on any atom is -0.494 e. The Morgan fingerprint density at radius 1 is 1.15 bits per heavy atom. The van der Waals surface area contributed by atoms with Gasteiger partial charge in [-0.3, -0.25) is 5.41 Å². The van der Waals surface area contributed by atoms with Crippen LogP contribution in [0.5, 0.6) is 17.2 Å². The van der Waals surface area contributed by atoms with Crippen molar-refractivity contribution < 1.29 is 9.47 Å². The Morgan fingerprint density at radius 3 is 2.60 bits per heavy atom. The third kappa shape index (κ3) is 3.29. The lowest BCUT2D eigenvalue weighted by Gasteiger charge is -2.12. The van der Waals surface area contributed by atoms with Crippen molar-refractivity contribution in [2.45, 2.75) is 13.8 Å². The van der Waals surface area contributed by atoms with Crippen LogP contribution in [0.25, 0.3) is 0 Å². The molecular weight excluding hydrogens is 252 g/mol. The fraction of sp³-hybridized carbons (Fsp3) is 0.188. The first-order chi connectivity index (χ1) is 9.60. The van der Waals surface area contributed by atoms with Gasteiger partial charge in [-0.05, 0) is 43.7 Å². The number of benzene rings is 2. The zero-order chi connectivity index (χ0) is 14.5. The van der Waals surface area contributed by atoms with Gasteiger partial charge >= 0.3 is 0 Å². The summed E-state index contributed by atoms with van der Waals surface area (Å²) in [6.07, 6.45) is 0.